The lowest BCUT2D eigenvalue weighted by Crippen LogP contribution is -2.15. The van der Waals surface area contributed by atoms with Gasteiger partial charge in [-0.25, -0.2) is 4.98 Å². The molecule has 1 aliphatic rings. The largest absolute Gasteiger partial charge is 0.360 e. The first-order valence-corrected chi connectivity index (χ1v) is 6.81. The molecule has 1 aromatic rings. The van der Waals surface area contributed by atoms with E-state index in [2.05, 4.69) is 42.4 Å². The molecule has 1 heterocycles. The van der Waals surface area contributed by atoms with Crippen LogP contribution in [0.2, 0.25) is 0 Å². The third kappa shape index (κ3) is 2.54. The van der Waals surface area contributed by atoms with Gasteiger partial charge in [0.2, 0.25) is 5.13 Å². The molecule has 16 heavy (non-hydrogen) atoms. The zero-order valence-corrected chi connectivity index (χ0v) is 11.4. The molecule has 0 unspecified atom stereocenters. The Bertz CT molecular complexity index is 361. The van der Waals surface area contributed by atoms with Crippen LogP contribution in [0.4, 0.5) is 5.13 Å². The normalized spacial score (nSPS) is 18.5. The molecular formula is C12H21N3S. The summed E-state index contributed by atoms with van der Waals surface area (Å²) in [6, 6.07) is 0. The van der Waals surface area contributed by atoms with Gasteiger partial charge in [-0.2, -0.15) is 4.37 Å². The minimum absolute atomic E-state index is 0.0540. The van der Waals surface area contributed by atoms with Gasteiger partial charge in [0.25, 0.3) is 0 Å². The van der Waals surface area contributed by atoms with Crippen LogP contribution in [0, 0.1) is 5.41 Å². The average molecular weight is 239 g/mol. The Morgan fingerprint density at radius 3 is 2.50 bits per heavy atom. The Morgan fingerprint density at radius 2 is 2.06 bits per heavy atom. The number of hydrogen-bond acceptors (Lipinski definition) is 4. The van der Waals surface area contributed by atoms with Crippen LogP contribution in [0.15, 0.2) is 0 Å². The Labute approximate surface area is 102 Å². The topological polar surface area (TPSA) is 37.8 Å². The van der Waals surface area contributed by atoms with Crippen molar-refractivity contribution in [1.82, 2.24) is 9.36 Å². The SMILES string of the molecule is CCC1(CNc2nc(C(C)(C)C)ns2)CC1. The minimum Gasteiger partial charge on any atom is -0.360 e. The summed E-state index contributed by atoms with van der Waals surface area (Å²) in [6.07, 6.45) is 3.99. The minimum atomic E-state index is 0.0540. The molecule has 90 valence electrons. The second-order valence-corrected chi connectivity index (χ2v) is 6.63. The van der Waals surface area contributed by atoms with Crippen LogP contribution < -0.4 is 5.32 Å². The molecule has 0 bridgehead atoms. The summed E-state index contributed by atoms with van der Waals surface area (Å²) in [5, 5.41) is 4.41. The molecule has 0 atom stereocenters. The van der Waals surface area contributed by atoms with E-state index in [0.29, 0.717) is 5.41 Å². The van der Waals surface area contributed by atoms with Gasteiger partial charge >= 0.3 is 0 Å². The number of hydrogen-bond donors (Lipinski definition) is 1. The molecule has 1 N–H and O–H groups in total. The third-order valence-corrected chi connectivity index (χ3v) is 4.09. The molecule has 1 saturated carbocycles. The van der Waals surface area contributed by atoms with Crippen molar-refractivity contribution >= 4 is 16.7 Å². The Kier molecular flexibility index (Phi) is 2.95. The smallest absolute Gasteiger partial charge is 0.202 e. The average Bonchev–Trinajstić information content (AvgIpc) is 2.83. The first kappa shape index (κ1) is 11.8. The molecule has 0 amide bonds. The first-order valence-electron chi connectivity index (χ1n) is 6.03. The van der Waals surface area contributed by atoms with Crippen LogP contribution >= 0.6 is 11.5 Å². The monoisotopic (exact) mass is 239 g/mol. The van der Waals surface area contributed by atoms with Gasteiger partial charge in [-0.05, 0) is 24.7 Å². The van der Waals surface area contributed by atoms with Crippen LogP contribution in [0.1, 0.15) is 52.8 Å². The van der Waals surface area contributed by atoms with E-state index in [1.54, 1.807) is 0 Å². The van der Waals surface area contributed by atoms with E-state index in [4.69, 9.17) is 0 Å². The fourth-order valence-electron chi connectivity index (χ4n) is 1.70. The van der Waals surface area contributed by atoms with Crippen molar-refractivity contribution in [3.8, 4) is 0 Å². The fourth-order valence-corrected chi connectivity index (χ4v) is 2.45. The Balaban J connectivity index is 1.93. The molecule has 0 saturated heterocycles. The van der Waals surface area contributed by atoms with E-state index in [9.17, 15) is 0 Å². The molecule has 1 aromatic heterocycles. The van der Waals surface area contributed by atoms with Crippen molar-refractivity contribution in [1.29, 1.82) is 0 Å². The highest BCUT2D eigenvalue weighted by atomic mass is 32.1. The standard InChI is InChI=1S/C12H21N3S/c1-5-12(6-7-12)8-13-10-14-9(15-16-10)11(2,3)4/h5-8H2,1-4H3,(H,13,14,15). The molecule has 1 fully saturated rings. The summed E-state index contributed by atoms with van der Waals surface area (Å²) in [5.74, 6) is 0.946. The molecule has 2 rings (SSSR count). The summed E-state index contributed by atoms with van der Waals surface area (Å²) in [4.78, 5) is 4.54. The van der Waals surface area contributed by atoms with Crippen molar-refractivity contribution in [3.63, 3.8) is 0 Å². The van der Waals surface area contributed by atoms with Gasteiger partial charge in [0, 0.05) is 23.5 Å². The number of aromatic nitrogens is 2. The number of rotatable bonds is 4. The van der Waals surface area contributed by atoms with Gasteiger partial charge in [-0.1, -0.05) is 27.7 Å². The summed E-state index contributed by atoms with van der Waals surface area (Å²) >= 11 is 1.48. The lowest BCUT2D eigenvalue weighted by molar-refractivity contribution is 0.520. The second kappa shape index (κ2) is 3.99. The molecule has 1 aliphatic carbocycles. The predicted molar refractivity (Wildman–Crippen MR) is 69.1 cm³/mol. The Hall–Kier alpha value is -0.640. The van der Waals surface area contributed by atoms with Gasteiger partial charge in [0.1, 0.15) is 5.82 Å². The highest BCUT2D eigenvalue weighted by Crippen LogP contribution is 2.48. The highest BCUT2D eigenvalue weighted by Gasteiger charge is 2.40. The number of nitrogens with one attached hydrogen (secondary N) is 1. The number of nitrogens with zero attached hydrogens (tertiary/aromatic N) is 2. The lowest BCUT2D eigenvalue weighted by atomic mass is 9.96. The fraction of sp³-hybridized carbons (Fsp3) is 0.833. The molecule has 0 spiro atoms. The van der Waals surface area contributed by atoms with Crippen LogP contribution in [0.3, 0.4) is 0 Å². The summed E-state index contributed by atoms with van der Waals surface area (Å²) in [5.41, 5.74) is 0.617. The van der Waals surface area contributed by atoms with Crippen molar-refractivity contribution in [3.05, 3.63) is 5.82 Å². The first-order chi connectivity index (χ1) is 7.45. The van der Waals surface area contributed by atoms with E-state index in [0.717, 1.165) is 17.5 Å². The molecule has 0 aliphatic heterocycles. The van der Waals surface area contributed by atoms with Crippen LogP contribution in [0.5, 0.6) is 0 Å². The van der Waals surface area contributed by atoms with Crippen molar-refractivity contribution in [2.45, 2.75) is 52.4 Å². The zero-order valence-electron chi connectivity index (χ0n) is 10.6. The predicted octanol–water partition coefficient (Wildman–Crippen LogP) is 3.44. The summed E-state index contributed by atoms with van der Waals surface area (Å²) in [6.45, 7) is 9.77. The van der Waals surface area contributed by atoms with Gasteiger partial charge in [-0.3, -0.25) is 0 Å². The molecule has 0 radical (unpaired) electrons. The van der Waals surface area contributed by atoms with E-state index in [1.165, 1.54) is 30.8 Å². The van der Waals surface area contributed by atoms with Crippen LogP contribution in [-0.2, 0) is 5.41 Å². The molecule has 0 aromatic carbocycles. The zero-order chi connectivity index (χ0) is 11.8. The van der Waals surface area contributed by atoms with Crippen molar-refractivity contribution in [2.75, 3.05) is 11.9 Å². The molecule has 3 nitrogen and oxygen atoms in total. The van der Waals surface area contributed by atoms with Crippen LogP contribution in [0.25, 0.3) is 0 Å². The lowest BCUT2D eigenvalue weighted by Gasteiger charge is -2.13. The third-order valence-electron chi connectivity index (χ3n) is 3.42. The maximum Gasteiger partial charge on any atom is 0.202 e. The summed E-state index contributed by atoms with van der Waals surface area (Å²) in [7, 11) is 0. The number of anilines is 1. The van der Waals surface area contributed by atoms with Gasteiger partial charge in [0.15, 0.2) is 0 Å². The second-order valence-electron chi connectivity index (χ2n) is 5.88. The van der Waals surface area contributed by atoms with E-state index < -0.39 is 0 Å². The van der Waals surface area contributed by atoms with E-state index in [1.807, 2.05) is 0 Å². The molecular weight excluding hydrogens is 218 g/mol. The van der Waals surface area contributed by atoms with Crippen molar-refractivity contribution in [2.24, 2.45) is 5.41 Å². The van der Waals surface area contributed by atoms with Gasteiger partial charge < -0.3 is 5.32 Å². The Morgan fingerprint density at radius 1 is 1.38 bits per heavy atom. The highest BCUT2D eigenvalue weighted by molar-refractivity contribution is 7.09. The maximum atomic E-state index is 4.54. The quantitative estimate of drug-likeness (QED) is 0.874. The maximum absolute atomic E-state index is 4.54. The van der Waals surface area contributed by atoms with E-state index >= 15 is 0 Å². The van der Waals surface area contributed by atoms with Gasteiger partial charge in [-0.15, -0.1) is 0 Å². The summed E-state index contributed by atoms with van der Waals surface area (Å²) < 4.78 is 4.40. The van der Waals surface area contributed by atoms with Gasteiger partial charge in [0.05, 0.1) is 0 Å². The molecule has 4 heteroatoms. The van der Waals surface area contributed by atoms with E-state index in [-0.39, 0.29) is 5.41 Å². The van der Waals surface area contributed by atoms with Crippen molar-refractivity contribution < 1.29 is 0 Å². The van der Waals surface area contributed by atoms with Crippen LogP contribution in [-0.4, -0.2) is 15.9 Å².